The highest BCUT2D eigenvalue weighted by molar-refractivity contribution is 7.15. The van der Waals surface area contributed by atoms with Gasteiger partial charge in [-0.05, 0) is 86.6 Å². The zero-order chi connectivity index (χ0) is 24.9. The largest absolute Gasteiger partial charge is 0.317 e. The van der Waals surface area contributed by atoms with Gasteiger partial charge in [-0.25, -0.2) is 0 Å². The Bertz CT molecular complexity index is 1380. The standard InChI is InChI=1S/C26H24N6O3S/c27-15-19(11-22-2-1-7-31(22)20-3-5-21(6-4-20)32(34)35)23(33)28-25-30-29-24(36-25)26-12-16-8-17(13-26)10-18(9-16)14-26/h1-7,11,16-18H,8-10,12-14H2,(H,28,30,33)/b19-11-. The van der Waals surface area contributed by atoms with Gasteiger partial charge in [-0.2, -0.15) is 5.26 Å². The third kappa shape index (κ3) is 3.99. The lowest BCUT2D eigenvalue weighted by Gasteiger charge is -2.55. The lowest BCUT2D eigenvalue weighted by Crippen LogP contribution is -2.48. The summed E-state index contributed by atoms with van der Waals surface area (Å²) in [4.78, 5) is 23.4. The first kappa shape index (κ1) is 22.6. The number of nitro groups is 1. The smallest absolute Gasteiger partial charge is 0.269 e. The minimum Gasteiger partial charge on any atom is -0.317 e. The summed E-state index contributed by atoms with van der Waals surface area (Å²) in [7, 11) is 0. The normalized spacial score (nSPS) is 26.5. The fourth-order valence-electron chi connectivity index (χ4n) is 6.80. The lowest BCUT2D eigenvalue weighted by molar-refractivity contribution is -0.384. The first-order chi connectivity index (χ1) is 17.4. The van der Waals surface area contributed by atoms with Crippen LogP contribution in [0.25, 0.3) is 11.8 Å². The van der Waals surface area contributed by atoms with Crippen molar-refractivity contribution in [3.63, 3.8) is 0 Å². The van der Waals surface area contributed by atoms with Crippen LogP contribution in [-0.4, -0.2) is 25.6 Å². The van der Waals surface area contributed by atoms with E-state index >= 15 is 0 Å². The van der Waals surface area contributed by atoms with E-state index in [2.05, 4.69) is 15.5 Å². The van der Waals surface area contributed by atoms with Crippen LogP contribution in [0.2, 0.25) is 0 Å². The maximum absolute atomic E-state index is 12.9. The van der Waals surface area contributed by atoms with Gasteiger partial charge in [-0.3, -0.25) is 20.2 Å². The molecule has 10 heteroatoms. The number of non-ortho nitro benzene ring substituents is 1. The zero-order valence-corrected chi connectivity index (χ0v) is 20.3. The molecular formula is C26H24N6O3S. The Kier molecular flexibility index (Phi) is 5.45. The molecule has 0 saturated heterocycles. The number of aromatic nitrogens is 3. The molecule has 1 amide bonds. The molecule has 0 aliphatic heterocycles. The van der Waals surface area contributed by atoms with Crippen molar-refractivity contribution in [3.05, 3.63) is 69.0 Å². The van der Waals surface area contributed by atoms with Crippen LogP contribution in [0.3, 0.4) is 0 Å². The third-order valence-electron chi connectivity index (χ3n) is 7.91. The highest BCUT2D eigenvalue weighted by Crippen LogP contribution is 2.61. The second-order valence-electron chi connectivity index (χ2n) is 10.3. The number of nitrogens with one attached hydrogen (secondary N) is 1. The number of carbonyl (C=O) groups excluding carboxylic acids is 1. The molecule has 1 N–H and O–H groups in total. The van der Waals surface area contributed by atoms with E-state index in [-0.39, 0.29) is 16.7 Å². The molecule has 2 heterocycles. The summed E-state index contributed by atoms with van der Waals surface area (Å²) < 4.78 is 1.75. The quantitative estimate of drug-likeness (QED) is 0.213. The molecule has 0 unspecified atom stereocenters. The predicted molar refractivity (Wildman–Crippen MR) is 134 cm³/mol. The lowest BCUT2D eigenvalue weighted by atomic mass is 9.50. The Morgan fingerprint density at radius 1 is 1.14 bits per heavy atom. The van der Waals surface area contributed by atoms with Gasteiger partial charge >= 0.3 is 0 Å². The van der Waals surface area contributed by atoms with Crippen molar-refractivity contribution in [1.29, 1.82) is 5.26 Å². The molecule has 2 aromatic heterocycles. The molecule has 0 radical (unpaired) electrons. The summed E-state index contributed by atoms with van der Waals surface area (Å²) in [6, 6.07) is 11.6. The minimum absolute atomic E-state index is 0.00920. The predicted octanol–water partition coefficient (Wildman–Crippen LogP) is 5.25. The van der Waals surface area contributed by atoms with Crippen LogP contribution < -0.4 is 5.32 Å². The van der Waals surface area contributed by atoms with E-state index in [1.807, 2.05) is 6.07 Å². The summed E-state index contributed by atoms with van der Waals surface area (Å²) in [5, 5.41) is 33.6. The summed E-state index contributed by atoms with van der Waals surface area (Å²) in [6.45, 7) is 0. The Hall–Kier alpha value is -3.84. The van der Waals surface area contributed by atoms with Crippen molar-refractivity contribution in [2.45, 2.75) is 43.9 Å². The molecule has 4 aliphatic carbocycles. The molecule has 3 aromatic rings. The molecule has 0 spiro atoms. The number of nitrogens with zero attached hydrogens (tertiary/aromatic N) is 5. The number of benzene rings is 1. The topological polar surface area (TPSA) is 127 Å². The van der Waals surface area contributed by atoms with Crippen molar-refractivity contribution in [3.8, 4) is 11.8 Å². The molecule has 182 valence electrons. The van der Waals surface area contributed by atoms with Gasteiger partial charge in [-0.15, -0.1) is 10.2 Å². The molecule has 9 nitrogen and oxygen atoms in total. The first-order valence-corrected chi connectivity index (χ1v) is 12.9. The number of carbonyl (C=O) groups is 1. The summed E-state index contributed by atoms with van der Waals surface area (Å²) in [5.74, 6) is 1.83. The van der Waals surface area contributed by atoms with Crippen molar-refractivity contribution >= 4 is 34.1 Å². The Morgan fingerprint density at radius 3 is 2.42 bits per heavy atom. The van der Waals surface area contributed by atoms with Crippen LogP contribution in [-0.2, 0) is 10.2 Å². The van der Waals surface area contributed by atoms with Crippen LogP contribution >= 0.6 is 11.3 Å². The number of nitriles is 1. The van der Waals surface area contributed by atoms with Gasteiger partial charge in [0.25, 0.3) is 11.6 Å². The number of rotatable bonds is 6. The monoisotopic (exact) mass is 500 g/mol. The van der Waals surface area contributed by atoms with E-state index < -0.39 is 10.8 Å². The van der Waals surface area contributed by atoms with Crippen LogP contribution in [0.5, 0.6) is 0 Å². The highest BCUT2D eigenvalue weighted by atomic mass is 32.1. The number of anilines is 1. The van der Waals surface area contributed by atoms with Gasteiger partial charge in [0, 0.05) is 35.1 Å². The summed E-state index contributed by atoms with van der Waals surface area (Å²) in [6.07, 6.45) is 10.8. The first-order valence-electron chi connectivity index (χ1n) is 12.1. The van der Waals surface area contributed by atoms with E-state index in [1.165, 1.54) is 68.1 Å². The van der Waals surface area contributed by atoms with Gasteiger partial charge < -0.3 is 4.57 Å². The molecule has 0 atom stereocenters. The Morgan fingerprint density at radius 2 is 1.81 bits per heavy atom. The molecular weight excluding hydrogens is 476 g/mol. The molecule has 4 bridgehead atoms. The van der Waals surface area contributed by atoms with Crippen LogP contribution in [0.1, 0.15) is 49.2 Å². The van der Waals surface area contributed by atoms with E-state index in [1.54, 1.807) is 35.0 Å². The van der Waals surface area contributed by atoms with Crippen LogP contribution in [0, 0.1) is 39.2 Å². The number of hydrogen-bond acceptors (Lipinski definition) is 7. The molecule has 1 aromatic carbocycles. The Balaban J connectivity index is 1.20. The van der Waals surface area contributed by atoms with E-state index in [0.717, 1.165) is 22.8 Å². The molecule has 7 rings (SSSR count). The van der Waals surface area contributed by atoms with Gasteiger partial charge in [0.05, 0.1) is 4.92 Å². The summed E-state index contributed by atoms with van der Waals surface area (Å²) >= 11 is 1.44. The SMILES string of the molecule is N#C/C(=C/c1cccn1-c1ccc([N+](=O)[O-])cc1)C(=O)Nc1nnc(C23CC4CC(CC(C4)C2)C3)s1. The van der Waals surface area contributed by atoms with Crippen LogP contribution in [0.15, 0.2) is 48.2 Å². The second kappa shape index (κ2) is 8.68. The fourth-order valence-corrected chi connectivity index (χ4v) is 7.76. The molecule has 4 aliphatic rings. The average Bonchev–Trinajstić information content (AvgIpc) is 3.52. The average molecular weight is 501 g/mol. The van der Waals surface area contributed by atoms with E-state index in [9.17, 15) is 20.2 Å². The zero-order valence-electron chi connectivity index (χ0n) is 19.5. The van der Waals surface area contributed by atoms with Crippen molar-refractivity contribution in [2.75, 3.05) is 5.32 Å². The van der Waals surface area contributed by atoms with Crippen LogP contribution in [0.4, 0.5) is 10.8 Å². The minimum atomic E-state index is -0.540. The number of amides is 1. The number of hydrogen-bond donors (Lipinski definition) is 1. The van der Waals surface area contributed by atoms with E-state index in [0.29, 0.717) is 16.5 Å². The van der Waals surface area contributed by atoms with Gasteiger partial charge in [0.1, 0.15) is 16.6 Å². The highest BCUT2D eigenvalue weighted by Gasteiger charge is 2.53. The van der Waals surface area contributed by atoms with Crippen molar-refractivity contribution < 1.29 is 9.72 Å². The third-order valence-corrected chi connectivity index (χ3v) is 9.00. The second-order valence-corrected chi connectivity index (χ2v) is 11.3. The van der Waals surface area contributed by atoms with Gasteiger partial charge in [0.15, 0.2) is 0 Å². The fraction of sp³-hybridized carbons (Fsp3) is 0.385. The maximum atomic E-state index is 12.9. The van der Waals surface area contributed by atoms with E-state index in [4.69, 9.17) is 0 Å². The molecule has 4 saturated carbocycles. The summed E-state index contributed by atoms with van der Waals surface area (Å²) in [5.41, 5.74) is 1.31. The van der Waals surface area contributed by atoms with Gasteiger partial charge in [0.2, 0.25) is 5.13 Å². The molecule has 4 fully saturated rings. The van der Waals surface area contributed by atoms with Crippen molar-refractivity contribution in [2.24, 2.45) is 17.8 Å². The molecule has 36 heavy (non-hydrogen) atoms. The van der Waals surface area contributed by atoms with Gasteiger partial charge in [-0.1, -0.05) is 11.3 Å². The maximum Gasteiger partial charge on any atom is 0.269 e. The van der Waals surface area contributed by atoms with Crippen molar-refractivity contribution in [1.82, 2.24) is 14.8 Å². The Labute approximate surface area is 211 Å². The number of nitro benzene ring substituents is 1.